The monoisotopic (exact) mass is 159 g/mol. The van der Waals surface area contributed by atoms with Crippen LogP contribution in [0.1, 0.15) is 6.92 Å². The van der Waals surface area contributed by atoms with Crippen LogP contribution in [0, 0.1) is 0 Å². The second kappa shape index (κ2) is 2.96. The van der Waals surface area contributed by atoms with Gasteiger partial charge in [0, 0.05) is 5.70 Å². The third kappa shape index (κ3) is 1.67. The molecule has 0 aromatic rings. The molecule has 1 aliphatic heterocycles. The van der Waals surface area contributed by atoms with E-state index < -0.39 is 5.97 Å². The molecule has 1 rings (SSSR count). The van der Waals surface area contributed by atoms with Gasteiger partial charge in [0.1, 0.15) is 6.54 Å². The topological polar surface area (TPSA) is 40.5 Å². The van der Waals surface area contributed by atoms with E-state index in [2.05, 4.69) is 0 Å². The summed E-state index contributed by atoms with van der Waals surface area (Å²) in [6.45, 7) is 2.04. The van der Waals surface area contributed by atoms with Crippen molar-refractivity contribution in [3.63, 3.8) is 0 Å². The Morgan fingerprint density at radius 2 is 2.70 bits per heavy atom. The zero-order valence-corrected chi connectivity index (χ0v) is 6.52. The Kier molecular flexibility index (Phi) is 2.21. The molecule has 1 aliphatic rings. The molecule has 1 heterocycles. The van der Waals surface area contributed by atoms with Gasteiger partial charge in [0.05, 0.1) is 5.88 Å². The van der Waals surface area contributed by atoms with E-state index in [0.29, 0.717) is 0 Å². The number of hydrogen-bond donors (Lipinski definition) is 1. The summed E-state index contributed by atoms with van der Waals surface area (Å²) in [4.78, 5) is 12.0. The quantitative estimate of drug-likeness (QED) is 0.651. The SMILES string of the molecule is CC1=CSCN1CC(=O)O. The normalized spacial score (nSPS) is 17.3. The van der Waals surface area contributed by atoms with Gasteiger partial charge >= 0.3 is 5.97 Å². The highest BCUT2D eigenvalue weighted by atomic mass is 32.2. The predicted molar refractivity (Wildman–Crippen MR) is 40.6 cm³/mol. The zero-order chi connectivity index (χ0) is 7.56. The Labute approximate surface area is 63.7 Å². The summed E-state index contributed by atoms with van der Waals surface area (Å²) in [5, 5.41) is 10.4. The molecule has 0 bridgehead atoms. The molecule has 0 fully saturated rings. The molecule has 0 aromatic heterocycles. The van der Waals surface area contributed by atoms with Gasteiger partial charge in [0.25, 0.3) is 0 Å². The second-order valence-corrected chi connectivity index (χ2v) is 2.97. The van der Waals surface area contributed by atoms with E-state index in [0.717, 1.165) is 11.6 Å². The second-order valence-electron chi connectivity index (χ2n) is 2.15. The number of nitrogens with zero attached hydrogens (tertiary/aromatic N) is 1. The smallest absolute Gasteiger partial charge is 0.323 e. The van der Waals surface area contributed by atoms with Crippen molar-refractivity contribution in [2.45, 2.75) is 6.92 Å². The first-order valence-electron chi connectivity index (χ1n) is 2.95. The number of aliphatic carboxylic acids is 1. The third-order valence-corrected chi connectivity index (χ3v) is 2.28. The van der Waals surface area contributed by atoms with Crippen LogP contribution in [0.3, 0.4) is 0 Å². The Morgan fingerprint density at radius 3 is 3.10 bits per heavy atom. The van der Waals surface area contributed by atoms with E-state index in [1.165, 1.54) is 0 Å². The third-order valence-electron chi connectivity index (χ3n) is 1.31. The van der Waals surface area contributed by atoms with Crippen molar-refractivity contribution in [3.8, 4) is 0 Å². The fourth-order valence-electron chi connectivity index (χ4n) is 0.758. The van der Waals surface area contributed by atoms with E-state index in [1.54, 1.807) is 11.8 Å². The molecule has 0 saturated carbocycles. The summed E-state index contributed by atoms with van der Waals surface area (Å²) >= 11 is 1.63. The maximum Gasteiger partial charge on any atom is 0.323 e. The molecule has 0 unspecified atom stereocenters. The average Bonchev–Trinajstić information content (AvgIpc) is 2.15. The number of carboxylic acid groups (broad SMARTS) is 1. The average molecular weight is 159 g/mol. The van der Waals surface area contributed by atoms with E-state index >= 15 is 0 Å². The number of carbonyl (C=O) groups is 1. The first kappa shape index (κ1) is 7.47. The van der Waals surface area contributed by atoms with Crippen LogP contribution in [-0.2, 0) is 4.79 Å². The highest BCUT2D eigenvalue weighted by molar-refractivity contribution is 8.02. The van der Waals surface area contributed by atoms with Gasteiger partial charge in [-0.1, -0.05) is 0 Å². The lowest BCUT2D eigenvalue weighted by molar-refractivity contribution is -0.137. The molecule has 4 heteroatoms. The Balaban J connectivity index is 2.43. The van der Waals surface area contributed by atoms with Gasteiger partial charge in [-0.2, -0.15) is 0 Å². The van der Waals surface area contributed by atoms with E-state index in [1.807, 2.05) is 17.2 Å². The largest absolute Gasteiger partial charge is 0.480 e. The summed E-state index contributed by atoms with van der Waals surface area (Å²) in [7, 11) is 0. The summed E-state index contributed by atoms with van der Waals surface area (Å²) in [6.07, 6.45) is 0. The minimum atomic E-state index is -0.768. The first-order valence-corrected chi connectivity index (χ1v) is 4.00. The maximum absolute atomic E-state index is 10.2. The van der Waals surface area contributed by atoms with Crippen LogP contribution in [-0.4, -0.2) is 28.4 Å². The lowest BCUT2D eigenvalue weighted by atomic mass is 10.4. The van der Waals surface area contributed by atoms with Crippen molar-refractivity contribution in [1.29, 1.82) is 0 Å². The highest BCUT2D eigenvalue weighted by Crippen LogP contribution is 2.21. The van der Waals surface area contributed by atoms with Crippen LogP contribution in [0.25, 0.3) is 0 Å². The minimum absolute atomic E-state index is 0.120. The molecular formula is C6H9NO2S. The molecular weight excluding hydrogens is 150 g/mol. The molecule has 0 aliphatic carbocycles. The van der Waals surface area contributed by atoms with Crippen LogP contribution in [0.5, 0.6) is 0 Å². The molecule has 0 radical (unpaired) electrons. The predicted octanol–water partition coefficient (Wildman–Crippen LogP) is 0.939. The van der Waals surface area contributed by atoms with E-state index in [9.17, 15) is 4.79 Å². The standard InChI is InChI=1S/C6H9NO2S/c1-5-3-10-4-7(5)2-6(8)9/h3H,2,4H2,1H3,(H,8,9). The van der Waals surface area contributed by atoms with Crippen LogP contribution in [0.4, 0.5) is 0 Å². The number of allylic oxidation sites excluding steroid dienone is 1. The lowest BCUT2D eigenvalue weighted by Crippen LogP contribution is -2.24. The van der Waals surface area contributed by atoms with Crippen molar-refractivity contribution in [3.05, 3.63) is 11.1 Å². The molecule has 0 atom stereocenters. The van der Waals surface area contributed by atoms with Crippen molar-refractivity contribution >= 4 is 17.7 Å². The first-order chi connectivity index (χ1) is 4.70. The molecule has 0 amide bonds. The number of carboxylic acids is 1. The molecule has 1 N–H and O–H groups in total. The summed E-state index contributed by atoms with van der Waals surface area (Å²) in [6, 6.07) is 0. The number of thioether (sulfide) groups is 1. The van der Waals surface area contributed by atoms with Gasteiger partial charge in [-0.25, -0.2) is 0 Å². The fourth-order valence-corrected chi connectivity index (χ4v) is 1.70. The van der Waals surface area contributed by atoms with Crippen LogP contribution >= 0.6 is 11.8 Å². The van der Waals surface area contributed by atoms with Gasteiger partial charge in [0.15, 0.2) is 0 Å². The highest BCUT2D eigenvalue weighted by Gasteiger charge is 2.13. The van der Waals surface area contributed by atoms with Gasteiger partial charge < -0.3 is 10.0 Å². The Morgan fingerprint density at radius 1 is 2.00 bits per heavy atom. The molecule has 3 nitrogen and oxygen atoms in total. The molecule has 0 spiro atoms. The zero-order valence-electron chi connectivity index (χ0n) is 5.70. The molecule has 0 aromatic carbocycles. The van der Waals surface area contributed by atoms with Crippen LogP contribution in [0.15, 0.2) is 11.1 Å². The van der Waals surface area contributed by atoms with Crippen LogP contribution < -0.4 is 0 Å². The van der Waals surface area contributed by atoms with Gasteiger partial charge in [-0.3, -0.25) is 4.79 Å². The van der Waals surface area contributed by atoms with Gasteiger partial charge in [-0.15, -0.1) is 11.8 Å². The Hall–Kier alpha value is -0.640. The minimum Gasteiger partial charge on any atom is -0.480 e. The van der Waals surface area contributed by atoms with Crippen molar-refractivity contribution < 1.29 is 9.90 Å². The van der Waals surface area contributed by atoms with Crippen molar-refractivity contribution in [1.82, 2.24) is 4.90 Å². The number of rotatable bonds is 2. The van der Waals surface area contributed by atoms with E-state index in [-0.39, 0.29) is 6.54 Å². The van der Waals surface area contributed by atoms with Crippen molar-refractivity contribution in [2.24, 2.45) is 0 Å². The summed E-state index contributed by atoms with van der Waals surface area (Å²) in [5.41, 5.74) is 1.05. The lowest BCUT2D eigenvalue weighted by Gasteiger charge is -2.15. The summed E-state index contributed by atoms with van der Waals surface area (Å²) < 4.78 is 0. The fraction of sp³-hybridized carbons (Fsp3) is 0.500. The number of hydrogen-bond acceptors (Lipinski definition) is 3. The van der Waals surface area contributed by atoms with Gasteiger partial charge in [-0.05, 0) is 12.3 Å². The van der Waals surface area contributed by atoms with E-state index in [4.69, 9.17) is 5.11 Å². The summed E-state index contributed by atoms with van der Waals surface area (Å²) in [5.74, 6) is 0.00764. The Bertz CT molecular complexity index is 179. The molecule has 56 valence electrons. The van der Waals surface area contributed by atoms with Crippen molar-refractivity contribution in [2.75, 3.05) is 12.4 Å². The van der Waals surface area contributed by atoms with Crippen LogP contribution in [0.2, 0.25) is 0 Å². The molecule has 10 heavy (non-hydrogen) atoms. The maximum atomic E-state index is 10.2. The molecule has 0 saturated heterocycles. The van der Waals surface area contributed by atoms with Gasteiger partial charge in [0.2, 0.25) is 0 Å².